The van der Waals surface area contributed by atoms with Crippen LogP contribution in [0.3, 0.4) is 0 Å². The highest BCUT2D eigenvalue weighted by molar-refractivity contribution is 5.82. The number of rotatable bonds is 7. The van der Waals surface area contributed by atoms with E-state index in [1.165, 1.54) is 11.1 Å². The molecule has 2 rings (SSSR count). The Balaban J connectivity index is 2.02. The van der Waals surface area contributed by atoms with E-state index in [0.29, 0.717) is 25.3 Å². The van der Waals surface area contributed by atoms with Crippen LogP contribution in [0.5, 0.6) is 0 Å². The molecule has 1 aliphatic heterocycles. The number of fused-ring (bicyclic) bond motifs is 1. The van der Waals surface area contributed by atoms with Gasteiger partial charge in [0.1, 0.15) is 11.6 Å². The third-order valence-electron chi connectivity index (χ3n) is 4.57. The molecule has 0 unspecified atom stereocenters. The molecule has 2 N–H and O–H groups in total. The number of carbonyl (C=O) groups excluding carboxylic acids is 2. The molecule has 0 spiro atoms. The number of hydrogen-bond donors (Lipinski definition) is 2. The Morgan fingerprint density at radius 2 is 2.21 bits per heavy atom. The fourth-order valence-corrected chi connectivity index (χ4v) is 3.05. The smallest absolute Gasteiger partial charge is 0.148 e. The second-order valence-corrected chi connectivity index (χ2v) is 6.60. The number of allylic oxidation sites excluding steroid dienone is 1. The van der Waals surface area contributed by atoms with Gasteiger partial charge in [0.25, 0.3) is 0 Å². The molecule has 0 fully saturated rings. The maximum atomic E-state index is 12.1. The average Bonchev–Trinajstić information content (AvgIpc) is 2.55. The van der Waals surface area contributed by atoms with Crippen LogP contribution in [0.2, 0.25) is 0 Å². The summed E-state index contributed by atoms with van der Waals surface area (Å²) in [6.07, 6.45) is 4.00. The number of aryl methyl sites for hydroxylation is 1. The molecule has 4 nitrogen and oxygen atoms in total. The minimum Gasteiger partial charge on any atom is -0.384 e. The molecule has 24 heavy (non-hydrogen) atoms. The van der Waals surface area contributed by atoms with Crippen molar-refractivity contribution in [2.24, 2.45) is 5.92 Å². The van der Waals surface area contributed by atoms with E-state index < -0.39 is 0 Å². The average molecular weight is 328 g/mol. The lowest BCUT2D eigenvalue weighted by molar-refractivity contribution is -0.122. The Morgan fingerprint density at radius 1 is 1.42 bits per heavy atom. The molecule has 130 valence electrons. The van der Waals surface area contributed by atoms with Gasteiger partial charge in [-0.2, -0.15) is 0 Å². The van der Waals surface area contributed by atoms with E-state index in [0.717, 1.165) is 37.1 Å². The molecule has 0 aromatic heterocycles. The topological polar surface area (TPSA) is 58.2 Å². The maximum absolute atomic E-state index is 12.1. The minimum absolute atomic E-state index is 0.110. The van der Waals surface area contributed by atoms with Gasteiger partial charge in [-0.05, 0) is 49.8 Å². The van der Waals surface area contributed by atoms with E-state index >= 15 is 0 Å². The van der Waals surface area contributed by atoms with E-state index in [2.05, 4.69) is 42.3 Å². The Labute approximate surface area is 144 Å². The van der Waals surface area contributed by atoms with Crippen LogP contribution in [-0.4, -0.2) is 24.7 Å². The van der Waals surface area contributed by atoms with Gasteiger partial charge in [0.15, 0.2) is 0 Å². The van der Waals surface area contributed by atoms with Crippen LogP contribution in [-0.2, 0) is 22.4 Å². The van der Waals surface area contributed by atoms with Crippen molar-refractivity contribution in [2.75, 3.05) is 18.4 Å². The number of anilines is 1. The van der Waals surface area contributed by atoms with Crippen LogP contribution in [0, 0.1) is 5.92 Å². The summed E-state index contributed by atoms with van der Waals surface area (Å²) >= 11 is 0. The molecular formula is C20H28N2O2. The molecule has 1 aliphatic rings. The van der Waals surface area contributed by atoms with Crippen LogP contribution < -0.4 is 10.6 Å². The van der Waals surface area contributed by atoms with Crippen molar-refractivity contribution >= 4 is 17.3 Å². The SMILES string of the molecule is C=C(CCc1ccc2c(c1)C[C@@H](CC)C(=O)CCN2)NCC(C)=O. The van der Waals surface area contributed by atoms with Gasteiger partial charge in [-0.15, -0.1) is 0 Å². The predicted octanol–water partition coefficient (Wildman–Crippen LogP) is 3.26. The fraction of sp³-hybridized carbons (Fsp3) is 0.500. The molecule has 1 aromatic carbocycles. The number of ketones is 2. The summed E-state index contributed by atoms with van der Waals surface area (Å²) in [7, 11) is 0. The zero-order chi connectivity index (χ0) is 17.5. The summed E-state index contributed by atoms with van der Waals surface area (Å²) in [4.78, 5) is 23.1. The van der Waals surface area contributed by atoms with Gasteiger partial charge in [0.05, 0.1) is 6.54 Å². The lowest BCUT2D eigenvalue weighted by Gasteiger charge is -2.22. The van der Waals surface area contributed by atoms with Gasteiger partial charge >= 0.3 is 0 Å². The van der Waals surface area contributed by atoms with Crippen molar-refractivity contribution in [3.63, 3.8) is 0 Å². The number of nitrogens with one attached hydrogen (secondary N) is 2. The third kappa shape index (κ3) is 5.22. The van der Waals surface area contributed by atoms with Crippen LogP contribution in [0.15, 0.2) is 30.5 Å². The Bertz CT molecular complexity index is 622. The molecule has 0 amide bonds. The van der Waals surface area contributed by atoms with Crippen LogP contribution >= 0.6 is 0 Å². The van der Waals surface area contributed by atoms with Crippen molar-refractivity contribution in [1.29, 1.82) is 0 Å². The fourth-order valence-electron chi connectivity index (χ4n) is 3.05. The van der Waals surface area contributed by atoms with E-state index in [9.17, 15) is 9.59 Å². The second kappa shape index (κ2) is 8.67. The Kier molecular flexibility index (Phi) is 6.59. The molecule has 1 aromatic rings. The monoisotopic (exact) mass is 328 g/mol. The van der Waals surface area contributed by atoms with E-state index in [4.69, 9.17) is 0 Å². The first kappa shape index (κ1) is 18.2. The lowest BCUT2D eigenvalue weighted by atomic mass is 9.88. The van der Waals surface area contributed by atoms with Crippen LogP contribution in [0.1, 0.15) is 44.2 Å². The van der Waals surface area contributed by atoms with Gasteiger partial charge in [-0.3, -0.25) is 9.59 Å². The summed E-state index contributed by atoms with van der Waals surface area (Å²) in [6.45, 7) is 8.68. The highest BCUT2D eigenvalue weighted by Gasteiger charge is 2.20. The number of Topliss-reactive ketones (excluding diaryl/α,β-unsaturated/α-hetero) is 2. The minimum atomic E-state index is 0.110. The standard InChI is InChI=1S/C20H28N2O2/c1-4-17-12-18-11-16(6-5-14(2)22-13-15(3)23)7-8-19(18)21-10-9-20(17)24/h7-8,11,17,21-22H,2,4-6,9-10,12-13H2,1,3H3/t17-/m1/s1. The summed E-state index contributed by atoms with van der Waals surface area (Å²) in [6, 6.07) is 6.47. The van der Waals surface area contributed by atoms with Crippen molar-refractivity contribution in [1.82, 2.24) is 5.32 Å². The van der Waals surface area contributed by atoms with Crippen molar-refractivity contribution < 1.29 is 9.59 Å². The molecule has 0 aliphatic carbocycles. The van der Waals surface area contributed by atoms with Crippen LogP contribution in [0.25, 0.3) is 0 Å². The Morgan fingerprint density at radius 3 is 2.92 bits per heavy atom. The quantitative estimate of drug-likeness (QED) is 0.806. The Hall–Kier alpha value is -2.10. The predicted molar refractivity (Wildman–Crippen MR) is 98.2 cm³/mol. The summed E-state index contributed by atoms with van der Waals surface area (Å²) in [5.41, 5.74) is 4.51. The molecule has 0 saturated heterocycles. The molecular weight excluding hydrogens is 300 g/mol. The van der Waals surface area contributed by atoms with Gasteiger partial charge in [-0.1, -0.05) is 25.6 Å². The van der Waals surface area contributed by atoms with Gasteiger partial charge in [0, 0.05) is 30.3 Å². The van der Waals surface area contributed by atoms with E-state index in [1.54, 1.807) is 6.92 Å². The lowest BCUT2D eigenvalue weighted by Crippen LogP contribution is -2.23. The zero-order valence-electron chi connectivity index (χ0n) is 14.8. The maximum Gasteiger partial charge on any atom is 0.148 e. The highest BCUT2D eigenvalue weighted by Crippen LogP contribution is 2.26. The van der Waals surface area contributed by atoms with E-state index in [-0.39, 0.29) is 11.7 Å². The van der Waals surface area contributed by atoms with Gasteiger partial charge in [0.2, 0.25) is 0 Å². The molecule has 0 saturated carbocycles. The molecule has 0 bridgehead atoms. The van der Waals surface area contributed by atoms with Crippen LogP contribution in [0.4, 0.5) is 5.69 Å². The number of benzene rings is 1. The first-order valence-electron chi connectivity index (χ1n) is 8.79. The first-order chi connectivity index (χ1) is 11.5. The molecule has 1 atom stereocenters. The number of hydrogen-bond acceptors (Lipinski definition) is 4. The van der Waals surface area contributed by atoms with Crippen molar-refractivity contribution in [2.45, 2.75) is 46.0 Å². The molecule has 1 heterocycles. The van der Waals surface area contributed by atoms with Gasteiger partial charge in [-0.25, -0.2) is 0 Å². The highest BCUT2D eigenvalue weighted by atomic mass is 16.1. The van der Waals surface area contributed by atoms with E-state index in [1.807, 2.05) is 0 Å². The van der Waals surface area contributed by atoms with Crippen molar-refractivity contribution in [3.05, 3.63) is 41.6 Å². The van der Waals surface area contributed by atoms with Gasteiger partial charge < -0.3 is 10.6 Å². The summed E-state index contributed by atoms with van der Waals surface area (Å²) in [5, 5.41) is 6.43. The molecule has 0 radical (unpaired) electrons. The normalized spacial score (nSPS) is 17.2. The first-order valence-corrected chi connectivity index (χ1v) is 8.79. The van der Waals surface area contributed by atoms with Crippen molar-refractivity contribution in [3.8, 4) is 0 Å². The summed E-state index contributed by atoms with van der Waals surface area (Å²) in [5.74, 6) is 0.606. The summed E-state index contributed by atoms with van der Waals surface area (Å²) < 4.78 is 0. The zero-order valence-corrected chi connectivity index (χ0v) is 14.8. The third-order valence-corrected chi connectivity index (χ3v) is 4.57. The largest absolute Gasteiger partial charge is 0.384 e. The molecule has 4 heteroatoms. The second-order valence-electron chi connectivity index (χ2n) is 6.60. The number of carbonyl (C=O) groups is 2.